The van der Waals surface area contributed by atoms with Crippen molar-refractivity contribution in [3.05, 3.63) is 64.0 Å². The van der Waals surface area contributed by atoms with E-state index >= 15 is 0 Å². The summed E-state index contributed by atoms with van der Waals surface area (Å²) in [5.41, 5.74) is 3.34. The number of aromatic amines is 1. The van der Waals surface area contributed by atoms with Crippen molar-refractivity contribution in [3.63, 3.8) is 0 Å². The highest BCUT2D eigenvalue weighted by Crippen LogP contribution is 2.27. The van der Waals surface area contributed by atoms with E-state index in [0.717, 1.165) is 17.0 Å². The van der Waals surface area contributed by atoms with Crippen LogP contribution in [0.1, 0.15) is 37.7 Å². The summed E-state index contributed by atoms with van der Waals surface area (Å²) in [4.78, 5) is 25.7. The van der Waals surface area contributed by atoms with Gasteiger partial charge >= 0.3 is 0 Å². The minimum absolute atomic E-state index is 0.0681. The molecule has 1 aromatic carbocycles. The summed E-state index contributed by atoms with van der Waals surface area (Å²) in [5, 5.41) is 8.90. The van der Waals surface area contributed by atoms with E-state index in [-0.39, 0.29) is 30.9 Å². The molecule has 152 valence electrons. The fraction of sp³-hybridized carbons (Fsp3) is 0.381. The highest BCUT2D eigenvalue weighted by molar-refractivity contribution is 5.72. The van der Waals surface area contributed by atoms with Crippen molar-refractivity contribution in [2.75, 3.05) is 13.2 Å². The molecular weight excluding hydrogens is 370 g/mol. The summed E-state index contributed by atoms with van der Waals surface area (Å²) in [5.74, 6) is 0.488. The number of aliphatic hydroxyl groups is 1. The van der Waals surface area contributed by atoms with Gasteiger partial charge in [-0.25, -0.2) is 9.38 Å². The zero-order chi connectivity index (χ0) is 20.6. The fourth-order valence-corrected chi connectivity index (χ4v) is 3.53. The van der Waals surface area contributed by atoms with Gasteiger partial charge in [-0.15, -0.1) is 0 Å². The van der Waals surface area contributed by atoms with E-state index in [1.807, 2.05) is 18.2 Å². The highest BCUT2D eigenvalue weighted by Gasteiger charge is 2.25. The van der Waals surface area contributed by atoms with E-state index in [4.69, 9.17) is 9.84 Å². The van der Waals surface area contributed by atoms with Gasteiger partial charge in [0.25, 0.3) is 5.56 Å². The molecule has 8 heteroatoms. The lowest BCUT2D eigenvalue weighted by Gasteiger charge is -2.18. The molecular formula is C21H25N5O3. The standard InChI is InChI=1S/C21H25N5O3/c1-21(2,3)17-15(11-14-7-5-4-6-8-14)26-19(28)16-18(24-20(26)23-17)25(12-22-16)13-29-10-9-27/h4-8,12,27H,9-11,13H2,1-3H3,(H,23,24). The van der Waals surface area contributed by atoms with Crippen molar-refractivity contribution >= 4 is 16.9 Å². The first-order valence-electron chi connectivity index (χ1n) is 9.61. The molecule has 0 amide bonds. The molecule has 3 aromatic heterocycles. The second-order valence-electron chi connectivity index (χ2n) is 8.08. The van der Waals surface area contributed by atoms with E-state index < -0.39 is 0 Å². The van der Waals surface area contributed by atoms with Crippen molar-refractivity contribution in [3.8, 4) is 0 Å². The number of nitrogens with one attached hydrogen (secondary N) is 1. The molecule has 3 heterocycles. The number of hydrogen-bond donors (Lipinski definition) is 2. The van der Waals surface area contributed by atoms with E-state index in [2.05, 4.69) is 47.9 Å². The molecule has 0 bridgehead atoms. The lowest BCUT2D eigenvalue weighted by molar-refractivity contribution is 0.0499. The molecule has 0 aliphatic carbocycles. The lowest BCUT2D eigenvalue weighted by Crippen LogP contribution is -2.20. The molecule has 29 heavy (non-hydrogen) atoms. The number of ether oxygens (including phenoxy) is 1. The van der Waals surface area contributed by atoms with Gasteiger partial charge in [-0.2, -0.15) is 4.98 Å². The third-order valence-corrected chi connectivity index (χ3v) is 4.87. The summed E-state index contributed by atoms with van der Waals surface area (Å²) in [7, 11) is 0. The van der Waals surface area contributed by atoms with Crippen LogP contribution < -0.4 is 5.56 Å². The first-order chi connectivity index (χ1) is 13.9. The van der Waals surface area contributed by atoms with Crippen LogP contribution >= 0.6 is 0 Å². The van der Waals surface area contributed by atoms with Gasteiger partial charge in [0.15, 0.2) is 11.2 Å². The van der Waals surface area contributed by atoms with E-state index in [1.165, 1.54) is 6.33 Å². The van der Waals surface area contributed by atoms with E-state index in [1.54, 1.807) is 8.97 Å². The molecule has 0 saturated heterocycles. The van der Waals surface area contributed by atoms with Crippen LogP contribution in [0.5, 0.6) is 0 Å². The Kier molecular flexibility index (Phi) is 4.97. The average Bonchev–Trinajstić information content (AvgIpc) is 3.25. The Labute approximate surface area is 167 Å². The Balaban J connectivity index is 1.91. The van der Waals surface area contributed by atoms with Crippen LogP contribution in [-0.4, -0.2) is 42.2 Å². The number of H-pyrrole nitrogens is 1. The summed E-state index contributed by atoms with van der Waals surface area (Å²) in [6, 6.07) is 10.1. The summed E-state index contributed by atoms with van der Waals surface area (Å²) in [6.45, 7) is 6.64. The number of fused-ring (bicyclic) bond motifs is 2. The first-order valence-corrected chi connectivity index (χ1v) is 9.61. The average molecular weight is 395 g/mol. The van der Waals surface area contributed by atoms with Crippen LogP contribution in [0, 0.1) is 0 Å². The highest BCUT2D eigenvalue weighted by atomic mass is 16.5. The van der Waals surface area contributed by atoms with Crippen LogP contribution in [0.25, 0.3) is 16.9 Å². The molecule has 4 rings (SSSR count). The predicted octanol–water partition coefficient (Wildman–Crippen LogP) is 2.23. The van der Waals surface area contributed by atoms with Gasteiger partial charge in [0.05, 0.1) is 25.2 Å². The maximum Gasteiger partial charge on any atom is 0.287 e. The lowest BCUT2D eigenvalue weighted by atomic mass is 9.89. The Morgan fingerprint density at radius 1 is 1.21 bits per heavy atom. The minimum Gasteiger partial charge on any atom is -0.394 e. The maximum absolute atomic E-state index is 13.3. The maximum atomic E-state index is 13.3. The summed E-state index contributed by atoms with van der Waals surface area (Å²) in [6.07, 6.45) is 2.15. The van der Waals surface area contributed by atoms with Gasteiger partial charge in [-0.05, 0) is 5.56 Å². The van der Waals surface area contributed by atoms with E-state index in [0.29, 0.717) is 23.4 Å². The summed E-state index contributed by atoms with van der Waals surface area (Å²) < 4.78 is 8.67. The molecule has 0 atom stereocenters. The van der Waals surface area contributed by atoms with Crippen molar-refractivity contribution in [1.29, 1.82) is 0 Å². The predicted molar refractivity (Wildman–Crippen MR) is 110 cm³/mol. The Bertz CT molecular complexity index is 1200. The SMILES string of the molecule is CC(C)(C)c1[nH]c2nc3c(ncn3COCCO)c(=O)n2c1Cc1ccccc1. The van der Waals surface area contributed by atoms with Gasteiger partial charge < -0.3 is 14.8 Å². The zero-order valence-electron chi connectivity index (χ0n) is 16.8. The van der Waals surface area contributed by atoms with Gasteiger partial charge in [-0.3, -0.25) is 9.36 Å². The van der Waals surface area contributed by atoms with Gasteiger partial charge in [0.2, 0.25) is 5.78 Å². The third-order valence-electron chi connectivity index (χ3n) is 4.87. The van der Waals surface area contributed by atoms with E-state index in [9.17, 15) is 4.79 Å². The number of rotatable bonds is 6. The number of hydrogen-bond acceptors (Lipinski definition) is 5. The Hall–Kier alpha value is -2.97. The molecule has 0 unspecified atom stereocenters. The number of aromatic nitrogens is 5. The Morgan fingerprint density at radius 2 is 1.97 bits per heavy atom. The Morgan fingerprint density at radius 3 is 2.66 bits per heavy atom. The molecule has 2 N–H and O–H groups in total. The second kappa shape index (κ2) is 7.46. The molecule has 4 aromatic rings. The summed E-state index contributed by atoms with van der Waals surface area (Å²) >= 11 is 0. The molecule has 8 nitrogen and oxygen atoms in total. The van der Waals surface area contributed by atoms with Crippen molar-refractivity contribution in [1.82, 2.24) is 23.9 Å². The van der Waals surface area contributed by atoms with Crippen LogP contribution in [0.3, 0.4) is 0 Å². The van der Waals surface area contributed by atoms with Crippen LogP contribution in [0.4, 0.5) is 0 Å². The molecule has 0 aliphatic rings. The van der Waals surface area contributed by atoms with Gasteiger partial charge in [-0.1, -0.05) is 51.1 Å². The van der Waals surface area contributed by atoms with Crippen molar-refractivity contribution < 1.29 is 9.84 Å². The third kappa shape index (κ3) is 3.56. The molecule has 0 saturated carbocycles. The molecule has 0 radical (unpaired) electrons. The van der Waals surface area contributed by atoms with Crippen LogP contribution in [0.15, 0.2) is 41.5 Å². The molecule has 0 fully saturated rings. The molecule has 0 aliphatic heterocycles. The smallest absolute Gasteiger partial charge is 0.287 e. The second-order valence-corrected chi connectivity index (χ2v) is 8.08. The number of benzene rings is 1. The number of nitrogens with zero attached hydrogens (tertiary/aromatic N) is 4. The van der Waals surface area contributed by atoms with Gasteiger partial charge in [0, 0.05) is 17.5 Å². The quantitative estimate of drug-likeness (QED) is 0.488. The monoisotopic (exact) mass is 395 g/mol. The van der Waals surface area contributed by atoms with Crippen molar-refractivity contribution in [2.45, 2.75) is 39.3 Å². The normalized spacial score (nSPS) is 12.3. The minimum atomic E-state index is -0.205. The van der Waals surface area contributed by atoms with Crippen LogP contribution in [-0.2, 0) is 23.3 Å². The number of aliphatic hydroxyl groups excluding tert-OH is 1. The van der Waals surface area contributed by atoms with Crippen molar-refractivity contribution in [2.24, 2.45) is 0 Å². The zero-order valence-corrected chi connectivity index (χ0v) is 16.8. The van der Waals surface area contributed by atoms with Gasteiger partial charge in [0.1, 0.15) is 6.73 Å². The topological polar surface area (TPSA) is 97.4 Å². The largest absolute Gasteiger partial charge is 0.394 e. The molecule has 0 spiro atoms. The fourth-order valence-electron chi connectivity index (χ4n) is 3.53. The van der Waals surface area contributed by atoms with Crippen LogP contribution in [0.2, 0.25) is 0 Å². The number of imidazole rings is 2. The first kappa shape index (κ1) is 19.4.